The Morgan fingerprint density at radius 2 is 0.734 bits per heavy atom. The van der Waals surface area contributed by atoms with Gasteiger partial charge in [-0.3, -0.25) is 0 Å². The summed E-state index contributed by atoms with van der Waals surface area (Å²) in [7, 11) is 0. The highest BCUT2D eigenvalue weighted by atomic mass is 16.8. The Morgan fingerprint density at radius 3 is 1.04 bits per heavy atom. The molecule has 6 aliphatic heterocycles. The molecule has 0 bridgehead atoms. The number of aliphatic hydroxyl groups is 28. The molecule has 468 valence electrons. The first kappa shape index (κ1) is 71.5. The van der Waals surface area contributed by atoms with Crippen molar-refractivity contribution >= 4 is 6.29 Å². The third kappa shape index (κ3) is 17.0. The molecule has 28 N–H and O–H groups in total. The predicted molar refractivity (Wildman–Crippen MR) is 237 cm³/mol. The highest BCUT2D eigenvalue weighted by Crippen LogP contribution is 2.36. The van der Waals surface area contributed by atoms with Crippen LogP contribution in [0.3, 0.4) is 0 Å². The molecule has 6 rings (SSSR count). The topological polar surface area (TPSA) is 667 Å². The molecule has 6 saturated heterocycles. The minimum Gasteiger partial charge on any atom is -0.394 e. The summed E-state index contributed by atoms with van der Waals surface area (Å²) in [6.45, 7) is -5.70. The Labute approximate surface area is 445 Å². The van der Waals surface area contributed by atoms with Crippen molar-refractivity contribution in [2.45, 2.75) is 196 Å². The quantitative estimate of drug-likeness (QED) is 0.0601. The van der Waals surface area contributed by atoms with Crippen LogP contribution in [0.5, 0.6) is 0 Å². The minimum absolute atomic E-state index is 0.0869. The van der Waals surface area contributed by atoms with Crippen molar-refractivity contribution in [1.29, 1.82) is 0 Å². The van der Waals surface area contributed by atoms with Crippen LogP contribution < -0.4 is 0 Å². The van der Waals surface area contributed by atoms with Crippen molar-refractivity contribution in [2.75, 3.05) is 52.9 Å². The second kappa shape index (κ2) is 32.5. The lowest BCUT2D eigenvalue weighted by atomic mass is 9.97. The molecule has 0 aromatic carbocycles. The van der Waals surface area contributed by atoms with Gasteiger partial charge in [-0.05, 0) is 0 Å². The van der Waals surface area contributed by atoms with Gasteiger partial charge in [0.05, 0.1) is 46.2 Å². The average molecular weight is 1180 g/mol. The van der Waals surface area contributed by atoms with Gasteiger partial charge >= 0.3 is 0 Å². The molecule has 6 aliphatic rings. The lowest BCUT2D eigenvalue weighted by Gasteiger charge is -2.45. The zero-order valence-corrected chi connectivity index (χ0v) is 41.2. The lowest BCUT2D eigenvalue weighted by molar-refractivity contribution is -0.383. The molecule has 38 nitrogen and oxygen atoms in total. The molecule has 0 saturated carbocycles. The smallest absolute Gasteiger partial charge is 0.224 e. The summed E-state index contributed by atoms with van der Waals surface area (Å²) in [6, 6.07) is 0. The molecular formula is C41H76O38. The number of rotatable bonds is 17. The maximum absolute atomic E-state index is 10.00. The maximum Gasteiger partial charge on any atom is 0.224 e. The number of carbonyl (C=O) groups excluding carboxylic acids is 1. The largest absolute Gasteiger partial charge is 0.394 e. The van der Waals surface area contributed by atoms with Gasteiger partial charge in [0.2, 0.25) is 5.79 Å². The third-order valence-corrected chi connectivity index (χ3v) is 13.1. The van der Waals surface area contributed by atoms with Crippen LogP contribution in [0.2, 0.25) is 0 Å². The molecule has 0 aromatic heterocycles. The fourth-order valence-electron chi connectivity index (χ4n) is 8.19. The summed E-state index contributed by atoms with van der Waals surface area (Å²) < 4.78 is 46.0. The van der Waals surface area contributed by atoms with Gasteiger partial charge in [-0.15, -0.1) is 0 Å². The second-order valence-corrected chi connectivity index (χ2v) is 18.5. The van der Waals surface area contributed by atoms with E-state index in [1.807, 2.05) is 0 Å². The van der Waals surface area contributed by atoms with Crippen molar-refractivity contribution < 1.29 is 190 Å². The van der Waals surface area contributed by atoms with E-state index >= 15 is 0 Å². The fourth-order valence-corrected chi connectivity index (χ4v) is 8.19. The maximum atomic E-state index is 10.00. The average Bonchev–Trinajstić information content (AvgIpc) is 3.81. The van der Waals surface area contributed by atoms with Crippen molar-refractivity contribution in [3.05, 3.63) is 0 Å². The van der Waals surface area contributed by atoms with Gasteiger partial charge in [0.25, 0.3) is 0 Å². The normalized spacial score (nSPS) is 47.4. The van der Waals surface area contributed by atoms with Crippen LogP contribution in [0.4, 0.5) is 0 Å². The molecule has 0 aromatic rings. The summed E-state index contributed by atoms with van der Waals surface area (Å²) in [5.41, 5.74) is 0. The highest BCUT2D eigenvalue weighted by Gasteiger charge is 2.59. The van der Waals surface area contributed by atoms with E-state index in [0.29, 0.717) is 0 Å². The molecule has 0 spiro atoms. The van der Waals surface area contributed by atoms with Gasteiger partial charge < -0.3 is 190 Å². The van der Waals surface area contributed by atoms with Crippen LogP contribution in [-0.2, 0) is 47.4 Å². The van der Waals surface area contributed by atoms with E-state index in [2.05, 4.69) is 0 Å². The standard InChI is InChI=1S/3C12H22O11.C5H10O5/c13-1-4-6(16)8(18)9(19)11(21-4)23-12(3-15)10(20)7(17)5(2-14)22-12;2*13-1-3-5(15)6(16)9(19)12(22-3)23-10-4(2-14)21-11(20)8(18)7(10)17;6-1-3(8)5(10)4(9)2-7/h4-11,13-20H,1-3H2;2*3-20H,1-2H2;1,3-5,7-10H,2H2/t4-,5-,6-,7-,8+,9-,10+,11-,12+;3-,4-,5+,6+,7-,8-,9-,10-,11-,12+;3-,4-,5-,6+,7-,8-,9-,10-,11-,12+;3-,4-,5+/m1111/s1. The fraction of sp³-hybridized carbons (Fsp3) is 0.976. The van der Waals surface area contributed by atoms with E-state index < -0.39 is 249 Å². The summed E-state index contributed by atoms with van der Waals surface area (Å²) in [4.78, 5) is 9.76. The Balaban J connectivity index is 0.000000287. The molecule has 0 aliphatic carbocycles. The third-order valence-electron chi connectivity index (χ3n) is 13.1. The molecule has 6 fully saturated rings. The van der Waals surface area contributed by atoms with Crippen LogP contribution in [-0.4, -0.2) is 398 Å². The number of hydrogen-bond donors (Lipinski definition) is 28. The van der Waals surface area contributed by atoms with Gasteiger partial charge in [-0.25, -0.2) is 0 Å². The summed E-state index contributed by atoms with van der Waals surface area (Å²) in [5, 5.41) is 264. The number of aliphatic hydroxyl groups excluding tert-OH is 28. The Hall–Kier alpha value is -1.81. The van der Waals surface area contributed by atoms with E-state index in [1.54, 1.807) is 0 Å². The Kier molecular flexibility index (Phi) is 29.4. The first-order valence-corrected chi connectivity index (χ1v) is 23.9. The van der Waals surface area contributed by atoms with Crippen molar-refractivity contribution in [2.24, 2.45) is 0 Å². The van der Waals surface area contributed by atoms with Crippen molar-refractivity contribution in [3.8, 4) is 0 Å². The molecule has 32 atom stereocenters. The molecule has 0 radical (unpaired) electrons. The van der Waals surface area contributed by atoms with Crippen LogP contribution >= 0.6 is 0 Å². The summed E-state index contributed by atoms with van der Waals surface area (Å²) in [5.74, 6) is -2.22. The van der Waals surface area contributed by atoms with Crippen LogP contribution in [0.1, 0.15) is 0 Å². The van der Waals surface area contributed by atoms with E-state index in [9.17, 15) is 107 Å². The van der Waals surface area contributed by atoms with E-state index in [4.69, 9.17) is 83.5 Å². The molecule has 38 heteroatoms. The van der Waals surface area contributed by atoms with E-state index in [1.165, 1.54) is 0 Å². The monoisotopic (exact) mass is 1180 g/mol. The summed E-state index contributed by atoms with van der Waals surface area (Å²) >= 11 is 0. The minimum atomic E-state index is -2.22. The van der Waals surface area contributed by atoms with Gasteiger partial charge in [0, 0.05) is 0 Å². The van der Waals surface area contributed by atoms with Gasteiger partial charge in [0.1, 0.15) is 165 Å². The SMILES string of the molecule is O=C[C@@H](O)[C@H](O)[C@H](O)CO.OC[C@H]1O[C@@H](O[C@H]2[C@H](O)[C@@H](O)[C@H](O)O[C@@H]2CO)[C@H](O)[C@@H](O)[C@@H]1O.OC[C@H]1O[C@@H](O[C@H]2[C@H](O)[C@@H](O)[C@H](O)O[C@@H]2CO)[C@H](O)[C@@H](O)[C@H]1O.OC[C@H]1O[C@@](CO)(O[C@H]2O[C@H](CO)[C@@H](O)[C@H](O)[C@H]2O)[C@@H](O)[C@@H]1O. The van der Waals surface area contributed by atoms with Gasteiger partial charge in [-0.2, -0.15) is 0 Å². The number of carbonyl (C=O) groups is 1. The number of aldehydes is 1. The Bertz CT molecular complexity index is 1640. The zero-order valence-electron chi connectivity index (χ0n) is 41.2. The van der Waals surface area contributed by atoms with Crippen LogP contribution in [0.25, 0.3) is 0 Å². The van der Waals surface area contributed by atoms with Crippen LogP contribution in [0.15, 0.2) is 0 Å². The van der Waals surface area contributed by atoms with Crippen molar-refractivity contribution in [3.63, 3.8) is 0 Å². The molecule has 0 amide bonds. The first-order chi connectivity index (χ1) is 37.1. The first-order valence-electron chi connectivity index (χ1n) is 23.9. The number of hydrogen-bond acceptors (Lipinski definition) is 38. The molecule has 0 unspecified atom stereocenters. The molecular weight excluding hydrogens is 1100 g/mol. The van der Waals surface area contributed by atoms with Gasteiger partial charge in [-0.1, -0.05) is 0 Å². The lowest BCUT2D eigenvalue weighted by Crippen LogP contribution is -2.64. The predicted octanol–water partition coefficient (Wildman–Crippen LogP) is -18.9. The van der Waals surface area contributed by atoms with Crippen LogP contribution in [0, 0.1) is 0 Å². The zero-order chi connectivity index (χ0) is 60.1. The molecule has 6 heterocycles. The van der Waals surface area contributed by atoms with E-state index in [0.717, 1.165) is 0 Å². The Morgan fingerprint density at radius 1 is 0.392 bits per heavy atom. The van der Waals surface area contributed by atoms with Crippen molar-refractivity contribution in [1.82, 2.24) is 0 Å². The summed E-state index contributed by atoms with van der Waals surface area (Å²) in [6.07, 6.45) is -48.4. The van der Waals surface area contributed by atoms with E-state index in [-0.39, 0.29) is 6.29 Å². The number of ether oxygens (including phenoxy) is 9. The molecule has 79 heavy (non-hydrogen) atoms. The second-order valence-electron chi connectivity index (χ2n) is 18.5. The highest BCUT2D eigenvalue weighted by molar-refractivity contribution is 5.56. The van der Waals surface area contributed by atoms with Gasteiger partial charge in [0.15, 0.2) is 37.7 Å².